The molecular weight excluding hydrogens is 428 g/mol. The molecule has 4 rings (SSSR count). The van der Waals surface area contributed by atoms with Crippen molar-refractivity contribution < 1.29 is 9.53 Å². The number of aromatic nitrogens is 1. The lowest BCUT2D eigenvalue weighted by Crippen LogP contribution is -2.62. The molecule has 0 saturated carbocycles. The first-order valence-electron chi connectivity index (χ1n) is 10.5. The third-order valence-electron chi connectivity index (χ3n) is 5.97. The number of hydrogen-bond acceptors (Lipinski definition) is 6. The van der Waals surface area contributed by atoms with Crippen molar-refractivity contribution in [1.29, 1.82) is 10.7 Å². The Kier molecular flexibility index (Phi) is 6.04. The smallest absolute Gasteiger partial charge is 0.232 e. The maximum Gasteiger partial charge on any atom is 0.232 e. The predicted molar refractivity (Wildman–Crippen MR) is 122 cm³/mol. The Hall–Kier alpha value is -3.15. The van der Waals surface area contributed by atoms with Gasteiger partial charge in [0.25, 0.3) is 0 Å². The van der Waals surface area contributed by atoms with Crippen molar-refractivity contribution in [3.05, 3.63) is 52.3 Å². The molecular formula is C23H25ClN6O2. The summed E-state index contributed by atoms with van der Waals surface area (Å²) in [4.78, 5) is 18.9. The van der Waals surface area contributed by atoms with Crippen LogP contribution >= 0.6 is 11.6 Å². The van der Waals surface area contributed by atoms with Crippen LogP contribution in [0.3, 0.4) is 0 Å². The maximum atomic E-state index is 13.1. The summed E-state index contributed by atoms with van der Waals surface area (Å²) < 4.78 is 5.39. The molecule has 1 amide bonds. The fourth-order valence-corrected chi connectivity index (χ4v) is 4.69. The highest BCUT2D eigenvalue weighted by molar-refractivity contribution is 6.34. The number of benzene rings is 1. The van der Waals surface area contributed by atoms with E-state index >= 15 is 0 Å². The van der Waals surface area contributed by atoms with Crippen LogP contribution in [0.15, 0.2) is 30.3 Å². The second-order valence-corrected chi connectivity index (χ2v) is 8.72. The highest BCUT2D eigenvalue weighted by Gasteiger charge is 2.43. The molecule has 9 heteroatoms. The zero-order chi connectivity index (χ0) is 22.9. The summed E-state index contributed by atoms with van der Waals surface area (Å²) in [5.41, 5.74) is 2.03. The van der Waals surface area contributed by atoms with Gasteiger partial charge in [0.15, 0.2) is 11.7 Å². The van der Waals surface area contributed by atoms with E-state index in [9.17, 15) is 10.1 Å². The van der Waals surface area contributed by atoms with E-state index < -0.39 is 5.54 Å². The molecule has 0 spiro atoms. The molecule has 0 unspecified atom stereocenters. The Labute approximate surface area is 192 Å². The second kappa shape index (κ2) is 8.77. The van der Waals surface area contributed by atoms with Crippen molar-refractivity contribution >= 4 is 34.8 Å². The van der Waals surface area contributed by atoms with Gasteiger partial charge in [0.2, 0.25) is 5.91 Å². The number of rotatable bonds is 4. The molecule has 2 saturated heterocycles. The highest BCUT2D eigenvalue weighted by Crippen LogP contribution is 2.39. The summed E-state index contributed by atoms with van der Waals surface area (Å²) in [5.74, 6) is -0.0216. The Balaban J connectivity index is 1.61. The third-order valence-corrected chi connectivity index (χ3v) is 6.37. The van der Waals surface area contributed by atoms with Crippen LogP contribution in [0.1, 0.15) is 43.1 Å². The minimum absolute atomic E-state index is 0.0253. The lowest BCUT2D eigenvalue weighted by molar-refractivity contribution is -0.133. The van der Waals surface area contributed by atoms with Gasteiger partial charge in [-0.05, 0) is 50.5 Å². The first-order valence-corrected chi connectivity index (χ1v) is 10.9. The molecule has 2 fully saturated rings. The lowest BCUT2D eigenvalue weighted by atomic mass is 9.85. The van der Waals surface area contributed by atoms with Crippen molar-refractivity contribution in [2.45, 2.75) is 44.7 Å². The second-order valence-electron chi connectivity index (χ2n) is 8.34. The largest absolute Gasteiger partial charge is 0.381 e. The van der Waals surface area contributed by atoms with Gasteiger partial charge in [0.05, 0.1) is 28.4 Å². The summed E-state index contributed by atoms with van der Waals surface area (Å²) in [6, 6.07) is 11.2. The Bertz CT molecular complexity index is 1090. The summed E-state index contributed by atoms with van der Waals surface area (Å²) in [7, 11) is 0. The molecule has 2 aliphatic heterocycles. The van der Waals surface area contributed by atoms with Crippen LogP contribution in [0, 0.1) is 23.7 Å². The summed E-state index contributed by atoms with van der Waals surface area (Å²) in [6.07, 6.45) is 1.61. The number of carbonyl (C=O) groups excluding carboxylic acids is 1. The van der Waals surface area contributed by atoms with E-state index in [2.05, 4.69) is 21.7 Å². The van der Waals surface area contributed by atoms with Gasteiger partial charge in [-0.3, -0.25) is 15.1 Å². The Morgan fingerprint density at radius 3 is 2.75 bits per heavy atom. The normalized spacial score (nSPS) is 21.8. The van der Waals surface area contributed by atoms with Crippen LogP contribution in [0.2, 0.25) is 5.02 Å². The van der Waals surface area contributed by atoms with E-state index in [-0.39, 0.29) is 30.0 Å². The highest BCUT2D eigenvalue weighted by atomic mass is 35.5. The van der Waals surface area contributed by atoms with Crippen molar-refractivity contribution in [2.75, 3.05) is 18.5 Å². The summed E-state index contributed by atoms with van der Waals surface area (Å²) in [6.45, 7) is 4.89. The number of guanidine groups is 1. The molecule has 1 aromatic heterocycles. The number of carbonyl (C=O) groups is 1. The standard InChI is InChI=1S/C23H25ClN6O2/c1-14-6-7-17(19(13-25)27-14)28-18-5-3-4-16(21(18)24)23(2)12-20(31)30(22(26)29-23)15-8-10-32-11-9-15/h3-7,15,28H,8-12H2,1-2H3,(H2,26,29)/t23-/m0/s1. The number of nitrogens with zero attached hydrogens (tertiary/aromatic N) is 3. The zero-order valence-corrected chi connectivity index (χ0v) is 18.8. The molecule has 32 heavy (non-hydrogen) atoms. The molecule has 0 aliphatic carbocycles. The van der Waals surface area contributed by atoms with E-state index in [1.165, 1.54) is 0 Å². The van der Waals surface area contributed by atoms with Crippen LogP contribution in [0.5, 0.6) is 0 Å². The van der Waals surface area contributed by atoms with Gasteiger partial charge in [0, 0.05) is 24.9 Å². The fraction of sp³-hybridized carbons (Fsp3) is 0.391. The molecule has 1 aromatic carbocycles. The van der Waals surface area contributed by atoms with Crippen LogP contribution in [-0.4, -0.2) is 41.0 Å². The first kappa shape index (κ1) is 22.1. The predicted octanol–water partition coefficient (Wildman–Crippen LogP) is 3.81. The number of amides is 1. The van der Waals surface area contributed by atoms with Gasteiger partial charge in [0.1, 0.15) is 6.07 Å². The van der Waals surface area contributed by atoms with Gasteiger partial charge < -0.3 is 15.4 Å². The number of nitrogens with one attached hydrogen (secondary N) is 3. The first-order chi connectivity index (χ1) is 15.3. The molecule has 8 nitrogen and oxygen atoms in total. The summed E-state index contributed by atoms with van der Waals surface area (Å²) >= 11 is 6.77. The number of aryl methyl sites for hydroxylation is 1. The number of hydrogen-bond donors (Lipinski definition) is 3. The van der Waals surface area contributed by atoms with E-state index in [0.717, 1.165) is 18.5 Å². The van der Waals surface area contributed by atoms with Crippen molar-refractivity contribution in [2.24, 2.45) is 0 Å². The van der Waals surface area contributed by atoms with Crippen LogP contribution < -0.4 is 10.6 Å². The van der Waals surface area contributed by atoms with E-state index in [4.69, 9.17) is 21.7 Å². The minimum Gasteiger partial charge on any atom is -0.381 e. The van der Waals surface area contributed by atoms with Gasteiger partial charge in [-0.2, -0.15) is 5.26 Å². The van der Waals surface area contributed by atoms with Gasteiger partial charge in [-0.15, -0.1) is 0 Å². The number of halogens is 1. The third kappa shape index (κ3) is 4.14. The topological polar surface area (TPSA) is 114 Å². The molecule has 1 atom stereocenters. The van der Waals surface area contributed by atoms with E-state index in [0.29, 0.717) is 35.2 Å². The van der Waals surface area contributed by atoms with Crippen LogP contribution in [0.4, 0.5) is 11.4 Å². The average molecular weight is 453 g/mol. The summed E-state index contributed by atoms with van der Waals surface area (Å²) in [5, 5.41) is 24.8. The molecule has 2 aliphatic rings. The zero-order valence-electron chi connectivity index (χ0n) is 18.0. The van der Waals surface area contributed by atoms with Crippen LogP contribution in [-0.2, 0) is 15.1 Å². The number of anilines is 2. The SMILES string of the molecule is Cc1ccc(Nc2cccc([C@]3(C)CC(=O)N(C4CCOCC4)C(=N)N3)c2Cl)c(C#N)n1. The molecule has 166 valence electrons. The van der Waals surface area contributed by atoms with Crippen molar-refractivity contribution in [3.63, 3.8) is 0 Å². The Morgan fingerprint density at radius 1 is 1.31 bits per heavy atom. The number of pyridine rings is 1. The lowest BCUT2D eigenvalue weighted by Gasteiger charge is -2.45. The molecule has 0 radical (unpaired) electrons. The monoisotopic (exact) mass is 452 g/mol. The van der Waals surface area contributed by atoms with Crippen LogP contribution in [0.25, 0.3) is 0 Å². The van der Waals surface area contributed by atoms with E-state index in [1.807, 2.05) is 32.0 Å². The van der Waals surface area contributed by atoms with E-state index in [1.54, 1.807) is 17.0 Å². The van der Waals surface area contributed by atoms with Crippen molar-refractivity contribution in [1.82, 2.24) is 15.2 Å². The Morgan fingerprint density at radius 2 is 2.06 bits per heavy atom. The van der Waals surface area contributed by atoms with Gasteiger partial charge >= 0.3 is 0 Å². The van der Waals surface area contributed by atoms with Gasteiger partial charge in [-0.25, -0.2) is 4.98 Å². The maximum absolute atomic E-state index is 13.1. The van der Waals surface area contributed by atoms with Gasteiger partial charge in [-0.1, -0.05) is 23.7 Å². The quantitative estimate of drug-likeness (QED) is 0.649. The molecule has 3 N–H and O–H groups in total. The minimum atomic E-state index is -0.839. The molecule has 0 bridgehead atoms. The molecule has 3 heterocycles. The number of nitriles is 1. The fourth-order valence-electron chi connectivity index (χ4n) is 4.31. The molecule has 2 aromatic rings. The average Bonchev–Trinajstić information content (AvgIpc) is 2.76. The number of ether oxygens (including phenoxy) is 1. The van der Waals surface area contributed by atoms with Crippen molar-refractivity contribution in [3.8, 4) is 6.07 Å².